The molecule has 0 bridgehead atoms. The second-order valence-electron chi connectivity index (χ2n) is 10.1. The summed E-state index contributed by atoms with van der Waals surface area (Å²) >= 11 is 5.72. The third-order valence-corrected chi connectivity index (χ3v) is 10.4. The zero-order valence-corrected chi connectivity index (χ0v) is 25.9. The number of amides is 2. The number of aromatic nitrogens is 2. The maximum Gasteiger partial charge on any atom is 0.259 e. The molecule has 9 heteroatoms. The number of nitrogens with zero attached hydrogens (tertiary/aromatic N) is 2. The molecule has 0 unspecified atom stereocenters. The van der Waals surface area contributed by atoms with Gasteiger partial charge in [0.25, 0.3) is 11.8 Å². The summed E-state index contributed by atoms with van der Waals surface area (Å²) < 4.78 is 3.34. The minimum atomic E-state index is -0.340. The van der Waals surface area contributed by atoms with Crippen LogP contribution in [-0.2, 0) is 16.1 Å². The van der Waals surface area contributed by atoms with Gasteiger partial charge in [0.15, 0.2) is 0 Å². The lowest BCUT2D eigenvalue weighted by Gasteiger charge is -2.26. The van der Waals surface area contributed by atoms with E-state index >= 15 is 0 Å². The Hall–Kier alpha value is -2.21. The highest BCUT2D eigenvalue weighted by Crippen LogP contribution is 2.42. The van der Waals surface area contributed by atoms with E-state index in [9.17, 15) is 9.59 Å². The first-order chi connectivity index (χ1) is 19.0. The maximum absolute atomic E-state index is 13.5. The number of hydrogen-bond acceptors (Lipinski definition) is 5. The molecule has 202 valence electrons. The molecule has 39 heavy (non-hydrogen) atoms. The summed E-state index contributed by atoms with van der Waals surface area (Å²) in [4.78, 5) is 35.0. The van der Waals surface area contributed by atoms with Crippen LogP contribution in [-0.4, -0.2) is 58.4 Å². The van der Waals surface area contributed by atoms with Gasteiger partial charge < -0.3 is 14.5 Å². The first-order valence-corrected chi connectivity index (χ1v) is 16.9. The van der Waals surface area contributed by atoms with Crippen molar-refractivity contribution in [2.24, 2.45) is 0 Å². The van der Waals surface area contributed by atoms with E-state index in [1.54, 1.807) is 23.5 Å². The molecule has 4 aromatic rings. The molecule has 0 aliphatic carbocycles. The molecule has 1 fully saturated rings. The van der Waals surface area contributed by atoms with Gasteiger partial charge in [-0.1, -0.05) is 6.42 Å². The zero-order valence-electron chi connectivity index (χ0n) is 22.1. The summed E-state index contributed by atoms with van der Waals surface area (Å²) in [5, 5.41) is 4.59. The second-order valence-corrected chi connectivity index (χ2v) is 12.9. The molecule has 2 aliphatic rings. The fourth-order valence-corrected chi connectivity index (χ4v) is 7.85. The molecule has 1 saturated heterocycles. The highest BCUT2D eigenvalue weighted by molar-refractivity contribution is 14.1. The Morgan fingerprint density at radius 2 is 1.56 bits per heavy atom. The monoisotopic (exact) mass is 670 g/mol. The van der Waals surface area contributed by atoms with Gasteiger partial charge in [0.1, 0.15) is 0 Å². The van der Waals surface area contributed by atoms with Gasteiger partial charge in [-0.2, -0.15) is 0 Å². The molecular formula is C30H31IN4O2S2. The highest BCUT2D eigenvalue weighted by Gasteiger charge is 2.36. The molecule has 6 nitrogen and oxygen atoms in total. The molecule has 2 N–H and O–H groups in total. The van der Waals surface area contributed by atoms with E-state index in [0.717, 1.165) is 65.9 Å². The van der Waals surface area contributed by atoms with Gasteiger partial charge in [-0.3, -0.25) is 14.9 Å². The summed E-state index contributed by atoms with van der Waals surface area (Å²) in [6.07, 6.45) is 10.9. The number of likely N-dealkylation sites (tertiary alicyclic amines) is 1. The van der Waals surface area contributed by atoms with Crippen LogP contribution in [0.2, 0.25) is 0 Å². The van der Waals surface area contributed by atoms with Crippen LogP contribution in [0.3, 0.4) is 0 Å². The van der Waals surface area contributed by atoms with Crippen LogP contribution in [0.5, 0.6) is 0 Å². The highest BCUT2D eigenvalue weighted by atomic mass is 127. The second kappa shape index (κ2) is 11.3. The van der Waals surface area contributed by atoms with E-state index in [4.69, 9.17) is 0 Å². The minimum Gasteiger partial charge on any atom is -0.361 e. The number of imide groups is 1. The van der Waals surface area contributed by atoms with E-state index in [-0.39, 0.29) is 11.8 Å². The van der Waals surface area contributed by atoms with Crippen molar-refractivity contribution >= 4 is 90.9 Å². The molecule has 2 aromatic carbocycles. The van der Waals surface area contributed by atoms with Crippen molar-refractivity contribution in [3.8, 4) is 0 Å². The first kappa shape index (κ1) is 27.0. The molecule has 2 amide bonds. The number of thioether (sulfide) groups is 2. The van der Waals surface area contributed by atoms with Crippen LogP contribution < -0.4 is 5.32 Å². The molecule has 0 atom stereocenters. The van der Waals surface area contributed by atoms with E-state index in [0.29, 0.717) is 11.1 Å². The lowest BCUT2D eigenvalue weighted by molar-refractivity contribution is -0.122. The van der Waals surface area contributed by atoms with Crippen LogP contribution in [0.1, 0.15) is 36.8 Å². The maximum atomic E-state index is 13.5. The number of fused-ring (bicyclic) bond motifs is 2. The summed E-state index contributed by atoms with van der Waals surface area (Å²) in [7, 11) is 0. The molecular weight excluding hydrogens is 639 g/mol. The summed E-state index contributed by atoms with van der Waals surface area (Å²) in [6.45, 7) is 4.32. The van der Waals surface area contributed by atoms with Crippen molar-refractivity contribution in [3.63, 3.8) is 0 Å². The van der Waals surface area contributed by atoms with Gasteiger partial charge >= 0.3 is 0 Å². The number of H-pyrrole nitrogens is 1. The molecule has 0 saturated carbocycles. The Morgan fingerprint density at radius 1 is 0.872 bits per heavy atom. The van der Waals surface area contributed by atoms with Gasteiger partial charge in [0, 0.05) is 55.5 Å². The van der Waals surface area contributed by atoms with Crippen molar-refractivity contribution in [3.05, 3.63) is 57.4 Å². The van der Waals surface area contributed by atoms with E-state index in [1.165, 1.54) is 32.4 Å². The van der Waals surface area contributed by atoms with Crippen LogP contribution in [0.4, 0.5) is 0 Å². The fourth-order valence-electron chi connectivity index (χ4n) is 5.91. The lowest BCUT2D eigenvalue weighted by Crippen LogP contribution is -2.31. The van der Waals surface area contributed by atoms with E-state index in [1.807, 2.05) is 18.5 Å². The van der Waals surface area contributed by atoms with Crippen molar-refractivity contribution in [1.82, 2.24) is 19.8 Å². The number of aromatic amines is 1. The number of nitrogens with one attached hydrogen (secondary N) is 2. The van der Waals surface area contributed by atoms with Crippen molar-refractivity contribution < 1.29 is 9.59 Å². The smallest absolute Gasteiger partial charge is 0.259 e. The fraction of sp³-hybridized carbons (Fsp3) is 0.333. The van der Waals surface area contributed by atoms with Crippen molar-refractivity contribution in [1.29, 1.82) is 0 Å². The van der Waals surface area contributed by atoms with Gasteiger partial charge in [-0.05, 0) is 110 Å². The van der Waals surface area contributed by atoms with E-state index < -0.39 is 0 Å². The third kappa shape index (κ3) is 4.96. The van der Waals surface area contributed by atoms with Crippen LogP contribution in [0, 0.1) is 3.70 Å². The first-order valence-electron chi connectivity index (χ1n) is 13.3. The normalized spacial score (nSPS) is 16.7. The Balaban J connectivity index is 1.50. The summed E-state index contributed by atoms with van der Waals surface area (Å²) in [5.74, 6) is -0.668. The number of rotatable bonds is 8. The predicted octanol–water partition coefficient (Wildman–Crippen LogP) is 6.61. The zero-order chi connectivity index (χ0) is 27.1. The third-order valence-electron chi connectivity index (χ3n) is 7.85. The topological polar surface area (TPSA) is 70.1 Å². The molecule has 6 rings (SSSR count). The van der Waals surface area contributed by atoms with Crippen molar-refractivity contribution in [2.45, 2.75) is 42.0 Å². The summed E-state index contributed by atoms with van der Waals surface area (Å²) in [5.41, 5.74) is 4.59. The van der Waals surface area contributed by atoms with Gasteiger partial charge in [0.05, 0.1) is 14.8 Å². The lowest BCUT2D eigenvalue weighted by atomic mass is 9.95. The van der Waals surface area contributed by atoms with Crippen LogP contribution in [0.25, 0.3) is 33.0 Å². The quantitative estimate of drug-likeness (QED) is 0.126. The Bertz CT molecular complexity index is 1630. The average molecular weight is 671 g/mol. The predicted molar refractivity (Wildman–Crippen MR) is 171 cm³/mol. The number of halogens is 1. The molecule has 0 radical (unpaired) electrons. The van der Waals surface area contributed by atoms with Crippen LogP contribution in [0.15, 0.2) is 52.4 Å². The number of carbonyl (C=O) groups is 2. The van der Waals surface area contributed by atoms with Gasteiger partial charge in [-0.15, -0.1) is 23.5 Å². The summed E-state index contributed by atoms with van der Waals surface area (Å²) in [6, 6.07) is 12.7. The largest absolute Gasteiger partial charge is 0.361 e. The Kier molecular flexibility index (Phi) is 7.85. The standard InChI is InChI=1S/C30H31IN4O2S2/c1-38-18-7-9-23-20(15-18)22(17-32-23)26-27(30(37)33-29(26)36)25-21-16-19(39-2)8-10-24(21)35(28(25)31)14-6-13-34-11-4-3-5-12-34/h7-10,15-17,32H,3-6,11-14H2,1-2H3,(H,33,36,37). The Morgan fingerprint density at radius 3 is 2.31 bits per heavy atom. The van der Waals surface area contributed by atoms with Gasteiger partial charge in [0.2, 0.25) is 0 Å². The van der Waals surface area contributed by atoms with Gasteiger partial charge in [-0.25, -0.2) is 0 Å². The van der Waals surface area contributed by atoms with Crippen molar-refractivity contribution in [2.75, 3.05) is 32.1 Å². The van der Waals surface area contributed by atoms with Crippen LogP contribution >= 0.6 is 46.1 Å². The molecule has 2 aromatic heterocycles. The number of piperidine rings is 1. The average Bonchev–Trinajstić information content (AvgIpc) is 3.58. The van der Waals surface area contributed by atoms with E-state index in [2.05, 4.69) is 78.9 Å². The molecule has 4 heterocycles. The molecule has 0 spiro atoms. The Labute approximate surface area is 250 Å². The number of carbonyl (C=O) groups excluding carboxylic acids is 2. The molecule has 2 aliphatic heterocycles. The SMILES string of the molecule is CSc1ccc2[nH]cc(C3=C(c4c(I)n(CCCN5CCCCC5)c5ccc(SC)cc45)C(=O)NC3=O)c2c1. The number of hydrogen-bond donors (Lipinski definition) is 2. The number of benzene rings is 2. The minimum absolute atomic E-state index is 0.329. The number of aryl methyl sites for hydroxylation is 1.